The molecule has 7 heteroatoms. The molecule has 0 aromatic heterocycles. The van der Waals surface area contributed by atoms with Crippen LogP contribution in [0.5, 0.6) is 5.75 Å². The summed E-state index contributed by atoms with van der Waals surface area (Å²) in [5.41, 5.74) is 2.87. The number of hydrogen-bond donors (Lipinski definition) is 1. The van der Waals surface area contributed by atoms with Crippen LogP contribution in [0.3, 0.4) is 0 Å². The van der Waals surface area contributed by atoms with Crippen LogP contribution in [0.1, 0.15) is 16.7 Å². The molecule has 0 saturated heterocycles. The summed E-state index contributed by atoms with van der Waals surface area (Å²) in [6.45, 7) is 1.69. The number of benzene rings is 3. The number of rotatable bonds is 8. The fourth-order valence-electron chi connectivity index (χ4n) is 2.79. The van der Waals surface area contributed by atoms with Crippen molar-refractivity contribution >= 4 is 58.0 Å². The van der Waals surface area contributed by atoms with E-state index in [1.807, 2.05) is 30.3 Å². The highest BCUT2D eigenvalue weighted by atomic mass is 35.5. The van der Waals surface area contributed by atoms with Gasteiger partial charge in [-0.05, 0) is 61.0 Å². The van der Waals surface area contributed by atoms with E-state index in [1.165, 1.54) is 0 Å². The molecule has 0 amide bonds. The van der Waals surface area contributed by atoms with Crippen molar-refractivity contribution in [2.24, 2.45) is 0 Å². The van der Waals surface area contributed by atoms with Gasteiger partial charge in [0.05, 0.1) is 0 Å². The molecule has 29 heavy (non-hydrogen) atoms. The predicted molar refractivity (Wildman–Crippen MR) is 124 cm³/mol. The van der Waals surface area contributed by atoms with Gasteiger partial charge >= 0.3 is 0 Å². The van der Waals surface area contributed by atoms with Crippen molar-refractivity contribution in [3.63, 3.8) is 0 Å². The lowest BCUT2D eigenvalue weighted by atomic mass is 10.1. The Bertz CT molecular complexity index is 993. The van der Waals surface area contributed by atoms with Gasteiger partial charge in [-0.2, -0.15) is 0 Å². The first-order chi connectivity index (χ1) is 13.9. The second-order valence-electron chi connectivity index (χ2n) is 6.44. The van der Waals surface area contributed by atoms with Crippen LogP contribution in [0.2, 0.25) is 25.1 Å². The van der Waals surface area contributed by atoms with Crippen LogP contribution in [-0.2, 0) is 19.6 Å². The largest absolute Gasteiger partial charge is 0.489 e. The maximum atomic E-state index is 6.23. The highest BCUT2D eigenvalue weighted by Gasteiger charge is 2.08. The second-order valence-corrected chi connectivity index (χ2v) is 8.56. The first kappa shape index (κ1) is 22.6. The Hall–Kier alpha value is -1.13. The average molecular weight is 490 g/mol. The average Bonchev–Trinajstić information content (AvgIpc) is 2.67. The zero-order valence-corrected chi connectivity index (χ0v) is 19.1. The maximum absolute atomic E-state index is 6.23. The summed E-state index contributed by atoms with van der Waals surface area (Å²) in [5.74, 6) is 0.748. The van der Waals surface area contributed by atoms with E-state index in [1.54, 1.807) is 24.3 Å². The van der Waals surface area contributed by atoms with E-state index in [0.29, 0.717) is 38.3 Å². The summed E-state index contributed by atoms with van der Waals surface area (Å²) < 4.78 is 5.98. The smallest absolute Gasteiger partial charge is 0.124 e. The van der Waals surface area contributed by atoms with Crippen molar-refractivity contribution in [2.75, 3.05) is 6.54 Å². The van der Waals surface area contributed by atoms with Gasteiger partial charge in [0.25, 0.3) is 0 Å². The van der Waals surface area contributed by atoms with Crippen LogP contribution >= 0.6 is 58.0 Å². The Labute approximate surface area is 195 Å². The fourth-order valence-corrected chi connectivity index (χ4v) is 3.95. The van der Waals surface area contributed by atoms with Gasteiger partial charge in [0.1, 0.15) is 12.4 Å². The highest BCUT2D eigenvalue weighted by molar-refractivity contribution is 6.35. The molecular formula is C22H18Cl5NO. The molecule has 0 bridgehead atoms. The van der Waals surface area contributed by atoms with Gasteiger partial charge in [-0.3, -0.25) is 0 Å². The molecular weight excluding hydrogens is 472 g/mol. The molecule has 0 saturated carbocycles. The Morgan fingerprint density at radius 1 is 0.655 bits per heavy atom. The SMILES string of the molecule is Clc1ccc(CCNCc2cc(Cl)ccc2OCc2ccc(Cl)cc2Cl)c(Cl)c1. The van der Waals surface area contributed by atoms with Crippen LogP contribution < -0.4 is 10.1 Å². The third kappa shape index (κ3) is 6.68. The third-order valence-corrected chi connectivity index (χ3v) is 5.73. The topological polar surface area (TPSA) is 21.3 Å². The van der Waals surface area contributed by atoms with Crippen LogP contribution in [0.4, 0.5) is 0 Å². The van der Waals surface area contributed by atoms with Gasteiger partial charge < -0.3 is 10.1 Å². The molecule has 0 fully saturated rings. The lowest BCUT2D eigenvalue weighted by Crippen LogP contribution is -2.17. The lowest BCUT2D eigenvalue weighted by Gasteiger charge is -2.14. The molecule has 3 rings (SSSR count). The third-order valence-electron chi connectivity index (χ3n) is 4.32. The van der Waals surface area contributed by atoms with Crippen molar-refractivity contribution in [3.8, 4) is 5.75 Å². The highest BCUT2D eigenvalue weighted by Crippen LogP contribution is 2.27. The van der Waals surface area contributed by atoms with E-state index in [0.717, 1.165) is 35.4 Å². The standard InChI is InChI=1S/C22H18Cl5NO/c23-17-5-6-22(29-13-15-2-4-19(25)11-21(15)27)16(9-17)12-28-8-7-14-1-3-18(24)10-20(14)26/h1-6,9-11,28H,7-8,12-13H2. The van der Waals surface area contributed by atoms with Gasteiger partial charge in [-0.25, -0.2) is 0 Å². The Kier molecular flexibility index (Phi) is 8.37. The Morgan fingerprint density at radius 3 is 1.90 bits per heavy atom. The molecule has 0 heterocycles. The van der Waals surface area contributed by atoms with Gasteiger partial charge in [-0.15, -0.1) is 0 Å². The van der Waals surface area contributed by atoms with Crippen molar-refractivity contribution in [1.82, 2.24) is 5.32 Å². The van der Waals surface area contributed by atoms with Crippen LogP contribution in [-0.4, -0.2) is 6.54 Å². The first-order valence-electron chi connectivity index (χ1n) is 8.92. The quantitative estimate of drug-likeness (QED) is 0.325. The number of ether oxygens (including phenoxy) is 1. The summed E-state index contributed by atoms with van der Waals surface area (Å²) in [7, 11) is 0. The van der Waals surface area contributed by atoms with Gasteiger partial charge in [0.15, 0.2) is 0 Å². The van der Waals surface area contributed by atoms with Crippen LogP contribution in [0.15, 0.2) is 54.6 Å². The van der Waals surface area contributed by atoms with E-state index in [-0.39, 0.29) is 0 Å². The fraction of sp³-hybridized carbons (Fsp3) is 0.182. The molecule has 152 valence electrons. The van der Waals surface area contributed by atoms with E-state index in [4.69, 9.17) is 62.7 Å². The molecule has 0 unspecified atom stereocenters. The van der Waals surface area contributed by atoms with Gasteiger partial charge in [0.2, 0.25) is 0 Å². The molecule has 0 aliphatic rings. The monoisotopic (exact) mass is 487 g/mol. The van der Waals surface area contributed by atoms with Crippen LogP contribution in [0, 0.1) is 0 Å². The second kappa shape index (κ2) is 10.8. The Balaban J connectivity index is 1.59. The molecule has 3 aromatic carbocycles. The summed E-state index contributed by atoms with van der Waals surface area (Å²) in [4.78, 5) is 0. The molecule has 0 spiro atoms. The first-order valence-corrected chi connectivity index (χ1v) is 10.8. The normalized spacial score (nSPS) is 10.9. The number of halogens is 5. The summed E-state index contributed by atoms with van der Waals surface area (Å²) >= 11 is 30.5. The minimum absolute atomic E-state index is 0.338. The van der Waals surface area contributed by atoms with Crippen molar-refractivity contribution in [2.45, 2.75) is 19.6 Å². The number of hydrogen-bond acceptors (Lipinski definition) is 2. The van der Waals surface area contributed by atoms with E-state index in [9.17, 15) is 0 Å². The van der Waals surface area contributed by atoms with E-state index >= 15 is 0 Å². The maximum Gasteiger partial charge on any atom is 0.124 e. The van der Waals surface area contributed by atoms with Gasteiger partial charge in [0, 0.05) is 42.8 Å². The van der Waals surface area contributed by atoms with Crippen molar-refractivity contribution < 1.29 is 4.74 Å². The summed E-state index contributed by atoms with van der Waals surface area (Å²) in [6, 6.07) is 16.4. The zero-order valence-electron chi connectivity index (χ0n) is 15.3. The molecule has 2 nitrogen and oxygen atoms in total. The summed E-state index contributed by atoms with van der Waals surface area (Å²) in [6.07, 6.45) is 0.785. The molecule has 1 N–H and O–H groups in total. The van der Waals surface area contributed by atoms with E-state index in [2.05, 4.69) is 5.32 Å². The molecule has 0 atom stereocenters. The number of nitrogens with one attached hydrogen (secondary N) is 1. The molecule has 0 aliphatic heterocycles. The van der Waals surface area contributed by atoms with Crippen LogP contribution in [0.25, 0.3) is 0 Å². The predicted octanol–water partition coefficient (Wildman–Crippen LogP) is 7.86. The van der Waals surface area contributed by atoms with Crippen molar-refractivity contribution in [3.05, 3.63) is 96.4 Å². The van der Waals surface area contributed by atoms with E-state index < -0.39 is 0 Å². The minimum Gasteiger partial charge on any atom is -0.489 e. The summed E-state index contributed by atoms with van der Waals surface area (Å²) in [5, 5.41) is 6.53. The van der Waals surface area contributed by atoms with Crippen molar-refractivity contribution in [1.29, 1.82) is 0 Å². The minimum atomic E-state index is 0.338. The zero-order chi connectivity index (χ0) is 20.8. The molecule has 0 aliphatic carbocycles. The molecule has 3 aromatic rings. The lowest BCUT2D eigenvalue weighted by molar-refractivity contribution is 0.302. The molecule has 0 radical (unpaired) electrons. The van der Waals surface area contributed by atoms with Gasteiger partial charge in [-0.1, -0.05) is 70.1 Å². The Morgan fingerprint density at radius 2 is 1.24 bits per heavy atom.